The highest BCUT2D eigenvalue weighted by atomic mass is 16.5. The van der Waals surface area contributed by atoms with Crippen LogP contribution in [0, 0.1) is 0 Å². The molecule has 0 saturated carbocycles. The highest BCUT2D eigenvalue weighted by Crippen LogP contribution is 2.31. The third-order valence-corrected chi connectivity index (χ3v) is 6.48. The molecule has 190 valence electrons. The largest absolute Gasteiger partial charge is 0.457 e. The smallest absolute Gasteiger partial charge is 0.336 e. The van der Waals surface area contributed by atoms with Crippen LogP contribution in [-0.4, -0.2) is 63.5 Å². The topological polar surface area (TPSA) is 120 Å². The van der Waals surface area contributed by atoms with Crippen molar-refractivity contribution in [3.8, 4) is 17.2 Å². The van der Waals surface area contributed by atoms with Crippen molar-refractivity contribution < 1.29 is 9.53 Å². The Morgan fingerprint density at radius 2 is 1.86 bits per heavy atom. The molecule has 1 aliphatic rings. The first kappa shape index (κ1) is 24.4. The summed E-state index contributed by atoms with van der Waals surface area (Å²) in [5.41, 5.74) is 5.98. The first-order chi connectivity index (χ1) is 17.9. The Bertz CT molecular complexity index is 1500. The number of allylic oxidation sites excluding steroid dienone is 1. The van der Waals surface area contributed by atoms with Crippen molar-refractivity contribution in [2.75, 3.05) is 39.5 Å². The second-order valence-electron chi connectivity index (χ2n) is 9.28. The molecule has 0 amide bonds. The summed E-state index contributed by atoms with van der Waals surface area (Å²) in [6.45, 7) is 1.52. The summed E-state index contributed by atoms with van der Waals surface area (Å²) >= 11 is 0. The number of nitrogens with two attached hydrogens (primary N) is 1. The number of nitrogen functional groups attached to an aromatic ring is 1. The first-order valence-corrected chi connectivity index (χ1v) is 12.0. The van der Waals surface area contributed by atoms with Gasteiger partial charge in [0, 0.05) is 13.1 Å². The van der Waals surface area contributed by atoms with Gasteiger partial charge >= 0.3 is 5.69 Å². The normalized spacial score (nSPS) is 17.7. The minimum atomic E-state index is -1.12. The van der Waals surface area contributed by atoms with Crippen molar-refractivity contribution in [1.82, 2.24) is 29.3 Å². The maximum Gasteiger partial charge on any atom is 0.336 e. The Balaban J connectivity index is 1.62. The summed E-state index contributed by atoms with van der Waals surface area (Å²) in [5, 5.41) is 3.25. The molecule has 1 aliphatic heterocycles. The quantitative estimate of drug-likeness (QED) is 0.355. The van der Waals surface area contributed by atoms with Gasteiger partial charge in [-0.05, 0) is 69.5 Å². The maximum atomic E-state index is 14.1. The molecule has 1 fully saturated rings. The van der Waals surface area contributed by atoms with Crippen LogP contribution < -0.4 is 21.5 Å². The molecule has 3 N–H and O–H groups in total. The van der Waals surface area contributed by atoms with E-state index in [1.807, 2.05) is 49.3 Å². The van der Waals surface area contributed by atoms with Crippen LogP contribution in [0.25, 0.3) is 16.9 Å². The molecule has 0 spiro atoms. The van der Waals surface area contributed by atoms with E-state index in [0.717, 1.165) is 0 Å². The van der Waals surface area contributed by atoms with Gasteiger partial charge in [0.15, 0.2) is 17.2 Å². The number of hydrogen-bond donors (Lipinski definition) is 2. The monoisotopic (exact) mass is 499 g/mol. The Hall–Kier alpha value is -4.28. The fraction of sp³-hybridized carbons (Fsp3) is 0.259. The van der Waals surface area contributed by atoms with Gasteiger partial charge in [-0.2, -0.15) is 0 Å². The third-order valence-electron chi connectivity index (χ3n) is 6.48. The van der Waals surface area contributed by atoms with Gasteiger partial charge in [-0.1, -0.05) is 24.3 Å². The van der Waals surface area contributed by atoms with Gasteiger partial charge in [-0.15, -0.1) is 0 Å². The molecule has 0 unspecified atom stereocenters. The van der Waals surface area contributed by atoms with Crippen LogP contribution in [-0.2, 0) is 10.3 Å². The van der Waals surface area contributed by atoms with Crippen LogP contribution in [0.15, 0.2) is 77.9 Å². The molecule has 37 heavy (non-hydrogen) atoms. The minimum Gasteiger partial charge on any atom is -0.457 e. The summed E-state index contributed by atoms with van der Waals surface area (Å²) in [6, 6.07) is 16.5. The number of nitrogens with zero attached hydrogens (tertiary/aromatic N) is 5. The Morgan fingerprint density at radius 3 is 2.54 bits per heavy atom. The number of para-hydroxylation sites is 1. The molecular weight excluding hydrogens is 470 g/mol. The lowest BCUT2D eigenvalue weighted by Gasteiger charge is -2.26. The Kier molecular flexibility index (Phi) is 6.60. The lowest BCUT2D eigenvalue weighted by atomic mass is 9.92. The van der Waals surface area contributed by atoms with Crippen molar-refractivity contribution in [3.05, 3.63) is 83.6 Å². The van der Waals surface area contributed by atoms with Crippen LogP contribution in [0.5, 0.6) is 11.5 Å². The van der Waals surface area contributed by atoms with E-state index in [4.69, 9.17) is 10.5 Å². The Labute approximate surface area is 214 Å². The lowest BCUT2D eigenvalue weighted by Crippen LogP contribution is -2.48. The number of aromatic nitrogens is 4. The van der Waals surface area contributed by atoms with Gasteiger partial charge in [0.05, 0.1) is 5.69 Å². The van der Waals surface area contributed by atoms with Crippen LogP contribution >= 0.6 is 0 Å². The number of ether oxygens (including phenoxy) is 1. The standard InChI is InChI=1S/C27H29N7O3/c1-32(2)16-6-9-22(35)27(14-15-29-17-27)34-25-23(24(28)30-18-31-25)33(26(34)36)19-10-12-21(13-11-19)37-20-7-4-3-5-8-20/h3-13,18,29H,14-17H2,1-2H3,(H2,28,30,31)/b9-6+/t27-/m0/s1. The van der Waals surface area contributed by atoms with E-state index in [0.29, 0.717) is 54.4 Å². The van der Waals surface area contributed by atoms with E-state index < -0.39 is 11.2 Å². The SMILES string of the molecule is CN(C)C/C=C/C(=O)[C@]1(n2c(=O)n(-c3ccc(Oc4ccccc4)cc3)c3c(N)ncnc32)CCNC1. The molecule has 2 aromatic heterocycles. The average molecular weight is 500 g/mol. The van der Waals surface area contributed by atoms with Crippen molar-refractivity contribution in [3.63, 3.8) is 0 Å². The number of carbonyl (C=O) groups excluding carboxylic acids is 1. The number of rotatable bonds is 8. The number of benzene rings is 2. The predicted molar refractivity (Wildman–Crippen MR) is 142 cm³/mol. The zero-order chi connectivity index (χ0) is 26.0. The van der Waals surface area contributed by atoms with Gasteiger partial charge < -0.3 is 20.7 Å². The number of ketones is 1. The van der Waals surface area contributed by atoms with E-state index in [1.54, 1.807) is 36.4 Å². The summed E-state index contributed by atoms with van der Waals surface area (Å²) < 4.78 is 8.84. The molecule has 1 saturated heterocycles. The zero-order valence-corrected chi connectivity index (χ0v) is 20.8. The summed E-state index contributed by atoms with van der Waals surface area (Å²) in [5.74, 6) is 1.32. The zero-order valence-electron chi connectivity index (χ0n) is 20.8. The second-order valence-corrected chi connectivity index (χ2v) is 9.28. The predicted octanol–water partition coefficient (Wildman–Crippen LogP) is 2.33. The number of hydrogen-bond acceptors (Lipinski definition) is 8. The molecule has 0 radical (unpaired) electrons. The molecule has 10 nitrogen and oxygen atoms in total. The second kappa shape index (κ2) is 10.00. The van der Waals surface area contributed by atoms with Gasteiger partial charge in [0.25, 0.3) is 0 Å². The van der Waals surface area contributed by atoms with Crippen LogP contribution in [0.1, 0.15) is 6.42 Å². The number of carbonyl (C=O) groups is 1. The highest BCUT2D eigenvalue weighted by Gasteiger charge is 2.45. The number of anilines is 1. The third kappa shape index (κ3) is 4.52. The minimum absolute atomic E-state index is 0.155. The van der Waals surface area contributed by atoms with E-state index in [9.17, 15) is 9.59 Å². The fourth-order valence-electron chi connectivity index (χ4n) is 4.68. The van der Waals surface area contributed by atoms with Crippen LogP contribution in [0.2, 0.25) is 0 Å². The number of likely N-dealkylation sites (N-methyl/N-ethyl adjacent to an activating group) is 1. The van der Waals surface area contributed by atoms with E-state index >= 15 is 0 Å². The average Bonchev–Trinajstić information content (AvgIpc) is 3.49. The summed E-state index contributed by atoms with van der Waals surface area (Å²) in [6.07, 6.45) is 5.13. The first-order valence-electron chi connectivity index (χ1n) is 12.0. The van der Waals surface area contributed by atoms with Gasteiger partial charge in [-0.25, -0.2) is 14.8 Å². The van der Waals surface area contributed by atoms with Crippen molar-refractivity contribution in [2.45, 2.75) is 12.0 Å². The lowest BCUT2D eigenvalue weighted by molar-refractivity contribution is -0.122. The number of fused-ring (bicyclic) bond motifs is 1. The summed E-state index contributed by atoms with van der Waals surface area (Å²) in [7, 11) is 3.85. The maximum absolute atomic E-state index is 14.1. The van der Waals surface area contributed by atoms with Crippen molar-refractivity contribution in [1.29, 1.82) is 0 Å². The molecule has 5 rings (SSSR count). The van der Waals surface area contributed by atoms with Crippen LogP contribution in [0.4, 0.5) is 5.82 Å². The van der Waals surface area contributed by atoms with Crippen molar-refractivity contribution >= 4 is 22.8 Å². The molecular formula is C27H29N7O3. The molecule has 10 heteroatoms. The van der Waals surface area contributed by atoms with Gasteiger partial charge in [0.2, 0.25) is 0 Å². The Morgan fingerprint density at radius 1 is 1.14 bits per heavy atom. The molecule has 0 aliphatic carbocycles. The molecule has 4 aromatic rings. The number of imidazole rings is 1. The van der Waals surface area contributed by atoms with Gasteiger partial charge in [-0.3, -0.25) is 13.9 Å². The van der Waals surface area contributed by atoms with E-state index in [2.05, 4.69) is 15.3 Å². The number of nitrogens with one attached hydrogen (secondary N) is 1. The summed E-state index contributed by atoms with van der Waals surface area (Å²) in [4.78, 5) is 38.2. The van der Waals surface area contributed by atoms with Gasteiger partial charge in [0.1, 0.15) is 28.9 Å². The van der Waals surface area contributed by atoms with E-state index in [1.165, 1.54) is 15.5 Å². The molecule has 2 aromatic carbocycles. The van der Waals surface area contributed by atoms with Crippen LogP contribution in [0.3, 0.4) is 0 Å². The molecule has 1 atom stereocenters. The highest BCUT2D eigenvalue weighted by molar-refractivity contribution is 5.98. The van der Waals surface area contributed by atoms with E-state index in [-0.39, 0.29) is 11.6 Å². The molecule has 0 bridgehead atoms. The fourth-order valence-corrected chi connectivity index (χ4v) is 4.68. The van der Waals surface area contributed by atoms with Crippen molar-refractivity contribution in [2.24, 2.45) is 0 Å². The molecule has 3 heterocycles.